The lowest BCUT2D eigenvalue weighted by atomic mass is 9.97. The molecule has 3 aromatic rings. The van der Waals surface area contributed by atoms with Crippen molar-refractivity contribution in [2.75, 3.05) is 82.6 Å². The maximum Gasteiger partial charge on any atom is 0.248 e. The van der Waals surface area contributed by atoms with E-state index in [0.29, 0.717) is 42.6 Å². The molecule has 2 fully saturated rings. The fraction of sp³-hybridized carbons (Fsp3) is 0.610. The summed E-state index contributed by atoms with van der Waals surface area (Å²) in [5, 5.41) is 19.6. The Morgan fingerprint density at radius 1 is 0.485 bits per heavy atom. The summed E-state index contributed by atoms with van der Waals surface area (Å²) in [6, 6.07) is 12.7. The molecule has 2 aliphatic rings. The third-order valence-corrected chi connectivity index (χ3v) is 19.5. The van der Waals surface area contributed by atoms with Crippen molar-refractivity contribution in [2.45, 2.75) is 206 Å². The Balaban J connectivity index is 1.73. The van der Waals surface area contributed by atoms with Gasteiger partial charge in [0.25, 0.3) is 0 Å². The quantitative estimate of drug-likeness (QED) is 0.168. The molecule has 0 aromatic heterocycles. The summed E-state index contributed by atoms with van der Waals surface area (Å²) in [5.41, 5.74) is 1.03. The summed E-state index contributed by atoms with van der Waals surface area (Å²) in [6.07, 6.45) is -0.123. The highest BCUT2D eigenvalue weighted by Gasteiger charge is 2.45. The van der Waals surface area contributed by atoms with E-state index in [9.17, 15) is 24.3 Å². The number of hydrogen-bond donors (Lipinski definition) is 4. The van der Waals surface area contributed by atoms with Gasteiger partial charge in [-0.15, -0.1) is 0 Å². The second-order valence-electron chi connectivity index (χ2n) is 30.1. The van der Waals surface area contributed by atoms with Crippen molar-refractivity contribution in [1.82, 2.24) is 60.0 Å². The van der Waals surface area contributed by atoms with Crippen LogP contribution in [-0.2, 0) is 81.5 Å². The van der Waals surface area contributed by atoms with Crippen LogP contribution in [0, 0.1) is 17.8 Å². The van der Waals surface area contributed by atoms with Crippen LogP contribution in [0.15, 0.2) is 91.0 Å². The molecule has 103 heavy (non-hydrogen) atoms. The van der Waals surface area contributed by atoms with Gasteiger partial charge < -0.3 is 69.9 Å². The number of aliphatic hydroxyl groups excluding tert-OH is 1. The van der Waals surface area contributed by atoms with Gasteiger partial charge in [0.2, 0.25) is 70.9 Å². The van der Waals surface area contributed by atoms with E-state index >= 15 is 38.4 Å². The lowest BCUT2D eigenvalue weighted by Crippen LogP contribution is -2.62. The van der Waals surface area contributed by atoms with E-state index in [1.165, 1.54) is 94.7 Å². The maximum absolute atomic E-state index is 15.9. The van der Waals surface area contributed by atoms with Gasteiger partial charge in [-0.25, -0.2) is 0 Å². The fourth-order valence-corrected chi connectivity index (χ4v) is 13.1. The first-order chi connectivity index (χ1) is 48.3. The van der Waals surface area contributed by atoms with Gasteiger partial charge in [-0.3, -0.25) is 57.5 Å². The molecule has 2 saturated heterocycles. The Kier molecular flexibility index (Phi) is 31.8. The van der Waals surface area contributed by atoms with Gasteiger partial charge in [0.1, 0.15) is 60.4 Å². The highest BCUT2D eigenvalue weighted by atomic mass is 16.5. The highest BCUT2D eigenvalue weighted by Crippen LogP contribution is 2.25. The molecule has 3 aromatic carbocycles. The molecule has 0 aliphatic carbocycles. The molecule has 0 spiro atoms. The zero-order valence-corrected chi connectivity index (χ0v) is 64.2. The molecular formula is C77H116N12O14. The van der Waals surface area contributed by atoms with Gasteiger partial charge in [0.05, 0.1) is 31.3 Å². The van der Waals surface area contributed by atoms with Crippen LogP contribution in [0.3, 0.4) is 0 Å². The minimum absolute atomic E-state index is 0.0518. The van der Waals surface area contributed by atoms with Crippen molar-refractivity contribution in [1.29, 1.82) is 0 Å². The second-order valence-corrected chi connectivity index (χ2v) is 30.1. The number of amides is 12. The minimum Gasteiger partial charge on any atom is -0.391 e. The van der Waals surface area contributed by atoms with E-state index in [1.807, 2.05) is 27.7 Å². The number of likely N-dealkylation sites (tertiary alicyclic amines) is 1. The van der Waals surface area contributed by atoms with Crippen LogP contribution in [0.5, 0.6) is 0 Å². The first kappa shape index (κ1) is 84.9. The number of piperidine rings is 1. The average molecular weight is 1430 g/mol. The van der Waals surface area contributed by atoms with Crippen LogP contribution in [-0.4, -0.2) is 275 Å². The van der Waals surface area contributed by atoms with Crippen LogP contribution < -0.4 is 16.0 Å². The van der Waals surface area contributed by atoms with E-state index in [-0.39, 0.29) is 43.9 Å². The first-order valence-electron chi connectivity index (χ1n) is 36.0. The molecular weight excluding hydrogens is 1320 g/mol. The molecule has 26 nitrogen and oxygen atoms in total. The van der Waals surface area contributed by atoms with Crippen LogP contribution in [0.4, 0.5) is 0 Å². The number of carbonyl (C=O) groups is 12. The molecule has 568 valence electrons. The average Bonchev–Trinajstić information content (AvgIpc) is 0.805. The SMILES string of the molecule is CC(C)C[C@@H]1NC(=O)[C@H](Cc2ccccc2)N(C)C(=O)[C@H](C)N(C)C(=O)C[C@@H](C(=O)N2CCCCC2)N(C)C(=O)[C@H](Cc2ccccc2)N(C)C(=O)[C@H](Cc2ccccc2)N(C)C(=O)[C@H](COC(C)(C)C)NC(=O)[C@H](C(C)C)N(C)C(=O)CN(C)C(=O)[C@H]([C@@H](C)O)NC(=O)[C@H](CC(C)C)N(C)C1=O. The summed E-state index contributed by atoms with van der Waals surface area (Å²) >= 11 is 0. The Bertz CT molecular complexity index is 3380. The Hall–Kier alpha value is -8.78. The molecule has 5 rings (SSSR count). The van der Waals surface area contributed by atoms with Crippen molar-refractivity contribution < 1.29 is 67.4 Å². The van der Waals surface area contributed by atoms with Crippen molar-refractivity contribution in [3.05, 3.63) is 108 Å². The molecule has 4 N–H and O–H groups in total. The minimum atomic E-state index is -1.67. The molecule has 11 atom stereocenters. The second kappa shape index (κ2) is 38.7. The summed E-state index contributed by atoms with van der Waals surface area (Å²) < 4.78 is 6.21. The standard InChI is InChI=1S/C77H116N12O14/c1-48(2)40-56-71(97)84(15)58(41-49(3)4)68(94)80-65(52(8)90)76(102)81(12)46-64(92)88(19)66(50(5)6)69(95)79-57(47-103-77(9,10)11)72(98)85(16)60(43-54-34-26-21-27-35-54)73(99)86(17)61(44-55-36-28-22-29-37-55)74(100)87(18)62(75(101)89-38-30-23-31-39-89)45-63(91)82(13)51(7)70(96)83(14)59(67(93)78-56)42-53-32-24-20-25-33-53/h20-22,24-29,32-37,48-52,56-62,65-66,90H,23,30-31,38-47H2,1-19H3,(H,78,93)(H,79,95)(H,80,94)/t51-,52+,56-,57-,58-,59-,60-,61-,62-,65-,66-/m0/s1. The smallest absolute Gasteiger partial charge is 0.248 e. The van der Waals surface area contributed by atoms with Crippen LogP contribution >= 0.6 is 0 Å². The van der Waals surface area contributed by atoms with Crippen molar-refractivity contribution in [3.63, 3.8) is 0 Å². The number of hydrogen-bond acceptors (Lipinski definition) is 14. The topological polar surface area (TPSA) is 300 Å². The van der Waals surface area contributed by atoms with Gasteiger partial charge >= 0.3 is 0 Å². The number of nitrogens with one attached hydrogen (secondary N) is 3. The number of aliphatic hydroxyl groups is 1. The largest absolute Gasteiger partial charge is 0.391 e. The predicted molar refractivity (Wildman–Crippen MR) is 392 cm³/mol. The first-order valence-corrected chi connectivity index (χ1v) is 36.0. The van der Waals surface area contributed by atoms with E-state index in [4.69, 9.17) is 4.74 Å². The Labute approximate surface area is 609 Å². The fourth-order valence-electron chi connectivity index (χ4n) is 13.1. The van der Waals surface area contributed by atoms with Crippen LogP contribution in [0.2, 0.25) is 0 Å². The van der Waals surface area contributed by atoms with E-state index in [1.54, 1.807) is 131 Å². The molecule has 12 amide bonds. The maximum atomic E-state index is 15.9. The van der Waals surface area contributed by atoms with E-state index < -0.39 is 168 Å². The number of nitrogens with zero attached hydrogens (tertiary/aromatic N) is 9. The van der Waals surface area contributed by atoms with Gasteiger partial charge in [-0.1, -0.05) is 133 Å². The molecule has 0 radical (unpaired) electrons. The lowest BCUT2D eigenvalue weighted by molar-refractivity contribution is -0.156. The normalized spacial score (nSPS) is 24.8. The number of carbonyl (C=O) groups excluding carboxylic acids is 12. The van der Waals surface area contributed by atoms with Crippen LogP contribution in [0.25, 0.3) is 0 Å². The lowest BCUT2D eigenvalue weighted by Gasteiger charge is -2.40. The number of likely N-dealkylation sites (N-methyl/N-ethyl adjacent to an activating group) is 8. The van der Waals surface area contributed by atoms with E-state index in [0.717, 1.165) is 21.1 Å². The van der Waals surface area contributed by atoms with Gasteiger partial charge in [-0.2, -0.15) is 0 Å². The summed E-state index contributed by atoms with van der Waals surface area (Å²) in [6.45, 7) is 18.3. The summed E-state index contributed by atoms with van der Waals surface area (Å²) in [5.74, 6) is -9.92. The Morgan fingerprint density at radius 3 is 1.38 bits per heavy atom. The molecule has 26 heteroatoms. The van der Waals surface area contributed by atoms with Crippen molar-refractivity contribution in [2.24, 2.45) is 17.8 Å². The zero-order valence-electron chi connectivity index (χ0n) is 64.2. The van der Waals surface area contributed by atoms with Crippen molar-refractivity contribution in [3.8, 4) is 0 Å². The third-order valence-electron chi connectivity index (χ3n) is 19.5. The molecule has 0 bridgehead atoms. The van der Waals surface area contributed by atoms with Gasteiger partial charge in [0.15, 0.2) is 0 Å². The van der Waals surface area contributed by atoms with E-state index in [2.05, 4.69) is 16.0 Å². The number of rotatable bonds is 15. The molecule has 0 unspecified atom stereocenters. The summed E-state index contributed by atoms with van der Waals surface area (Å²) in [7, 11) is 11.1. The number of ether oxygens (including phenoxy) is 1. The zero-order chi connectivity index (χ0) is 77.1. The third kappa shape index (κ3) is 23.6. The highest BCUT2D eigenvalue weighted by molar-refractivity contribution is 6.00. The monoisotopic (exact) mass is 1430 g/mol. The summed E-state index contributed by atoms with van der Waals surface area (Å²) in [4.78, 5) is 192. The van der Waals surface area contributed by atoms with Crippen molar-refractivity contribution >= 4 is 70.9 Å². The number of benzene rings is 3. The van der Waals surface area contributed by atoms with Crippen LogP contribution in [0.1, 0.15) is 131 Å². The molecule has 2 heterocycles. The Morgan fingerprint density at radius 2 is 0.913 bits per heavy atom. The molecule has 2 aliphatic heterocycles. The predicted octanol–water partition coefficient (Wildman–Crippen LogP) is 3.80. The van der Waals surface area contributed by atoms with Gasteiger partial charge in [0, 0.05) is 88.7 Å². The molecule has 0 saturated carbocycles. The van der Waals surface area contributed by atoms with Gasteiger partial charge in [-0.05, 0) is 101 Å².